The maximum atomic E-state index is 9.83. The van der Waals surface area contributed by atoms with E-state index in [0.717, 1.165) is 11.3 Å². The predicted octanol–water partition coefficient (Wildman–Crippen LogP) is 3.39. The van der Waals surface area contributed by atoms with Gasteiger partial charge in [0.2, 0.25) is 0 Å². The predicted molar refractivity (Wildman–Crippen MR) is 107 cm³/mol. The van der Waals surface area contributed by atoms with Gasteiger partial charge in [-0.05, 0) is 5.56 Å². The quantitative estimate of drug-likeness (QED) is 0.829. The maximum absolute atomic E-state index is 9.83. The summed E-state index contributed by atoms with van der Waals surface area (Å²) in [5.41, 5.74) is 2.25. The highest BCUT2D eigenvalue weighted by Crippen LogP contribution is 2.39. The molecule has 1 unspecified atom stereocenters. The minimum Gasteiger partial charge on any atom is -0.360 e. The zero-order chi connectivity index (χ0) is 19.8. The summed E-state index contributed by atoms with van der Waals surface area (Å²) < 4.78 is 7.55. The van der Waals surface area contributed by atoms with Crippen molar-refractivity contribution < 1.29 is 4.74 Å². The second-order valence-electron chi connectivity index (χ2n) is 7.84. The normalized spacial score (nSPS) is 16.6. The summed E-state index contributed by atoms with van der Waals surface area (Å²) in [6, 6.07) is 12.4. The van der Waals surface area contributed by atoms with Crippen LogP contribution < -0.4 is 9.91 Å². The topological polar surface area (TPSA) is 69.7 Å². The van der Waals surface area contributed by atoms with E-state index in [1.165, 1.54) is 0 Å². The lowest BCUT2D eigenvalue weighted by atomic mass is 9.88. The molecule has 2 aromatic rings. The Hall–Kier alpha value is -2.85. The summed E-state index contributed by atoms with van der Waals surface area (Å²) in [6.07, 6.45) is -0.451. The lowest BCUT2D eigenvalue weighted by Crippen LogP contribution is -2.40. The number of hydrogen-bond acceptors (Lipinski definition) is 6. The number of fused-ring (bicyclic) bond motifs is 1. The molecule has 0 aliphatic carbocycles. The van der Waals surface area contributed by atoms with Crippen molar-refractivity contribution in [3.8, 4) is 6.07 Å². The first-order chi connectivity index (χ1) is 12.8. The maximum Gasteiger partial charge on any atom is 0.193 e. The van der Waals surface area contributed by atoms with Gasteiger partial charge in [0, 0.05) is 26.6 Å². The fraction of sp³-hybridized carbons (Fsp3) is 0.450. The van der Waals surface area contributed by atoms with Crippen molar-refractivity contribution in [2.75, 3.05) is 31.1 Å². The molecule has 0 spiro atoms. The average molecular weight is 366 g/mol. The van der Waals surface area contributed by atoms with E-state index in [1.54, 1.807) is 11.8 Å². The number of methoxy groups -OCH3 is 1. The summed E-state index contributed by atoms with van der Waals surface area (Å²) in [5.74, 6) is 1.27. The molecule has 3 rings (SSSR count). The Kier molecular flexibility index (Phi) is 4.94. The number of aromatic nitrogens is 2. The number of benzene rings is 1. The molecule has 0 saturated heterocycles. The van der Waals surface area contributed by atoms with Crippen molar-refractivity contribution >= 4 is 17.3 Å². The molecular formula is C20H26N6O. The van der Waals surface area contributed by atoms with Crippen LogP contribution in [0.4, 0.5) is 11.6 Å². The smallest absolute Gasteiger partial charge is 0.193 e. The molecule has 0 amide bonds. The molecule has 1 aromatic carbocycles. The van der Waals surface area contributed by atoms with Crippen LogP contribution in [0.1, 0.15) is 38.1 Å². The van der Waals surface area contributed by atoms with E-state index >= 15 is 0 Å². The third-order valence-electron chi connectivity index (χ3n) is 4.50. The Bertz CT molecular complexity index is 886. The fourth-order valence-electron chi connectivity index (χ4n) is 3.18. The minimum absolute atomic E-state index is 0.218. The molecule has 142 valence electrons. The van der Waals surface area contributed by atoms with Gasteiger partial charge in [0.1, 0.15) is 11.6 Å². The number of ether oxygens (including phenoxy) is 1. The molecular weight excluding hydrogens is 340 g/mol. The molecule has 0 fully saturated rings. The number of nitrogens with zero attached hydrogens (tertiary/aromatic N) is 6. The Labute approximate surface area is 160 Å². The molecule has 1 aliphatic heterocycles. The summed E-state index contributed by atoms with van der Waals surface area (Å²) >= 11 is 0. The first kappa shape index (κ1) is 18.9. The molecule has 0 N–H and O–H groups in total. The highest BCUT2D eigenvalue weighted by atomic mass is 16.5. The summed E-state index contributed by atoms with van der Waals surface area (Å²) in [5, 5.41) is 21.3. The number of hydrazone groups is 1. The molecule has 1 atom stereocenters. The molecule has 0 saturated carbocycles. The van der Waals surface area contributed by atoms with E-state index in [9.17, 15) is 5.26 Å². The lowest BCUT2D eigenvalue weighted by molar-refractivity contribution is 0.0815. The van der Waals surface area contributed by atoms with Crippen molar-refractivity contribution in [1.29, 1.82) is 5.26 Å². The van der Waals surface area contributed by atoms with Gasteiger partial charge < -0.3 is 9.64 Å². The van der Waals surface area contributed by atoms with Crippen LogP contribution in [-0.2, 0) is 11.3 Å². The van der Waals surface area contributed by atoms with Crippen molar-refractivity contribution in [2.45, 2.75) is 33.5 Å². The van der Waals surface area contributed by atoms with Gasteiger partial charge in [-0.1, -0.05) is 51.1 Å². The number of anilines is 2. The zero-order valence-corrected chi connectivity index (χ0v) is 16.8. The Balaban J connectivity index is 2.20. The van der Waals surface area contributed by atoms with E-state index in [2.05, 4.69) is 26.8 Å². The third kappa shape index (κ3) is 3.40. The third-order valence-corrected chi connectivity index (χ3v) is 4.50. The van der Waals surface area contributed by atoms with Crippen LogP contribution >= 0.6 is 0 Å². The molecule has 0 radical (unpaired) electrons. The monoisotopic (exact) mass is 366 g/mol. The van der Waals surface area contributed by atoms with Crippen molar-refractivity contribution in [3.05, 3.63) is 41.5 Å². The average Bonchev–Trinajstić information content (AvgIpc) is 3.01. The van der Waals surface area contributed by atoms with E-state index < -0.39 is 6.23 Å². The number of nitriles is 1. The van der Waals surface area contributed by atoms with E-state index in [1.807, 2.05) is 54.3 Å². The molecule has 1 aromatic heterocycles. The van der Waals surface area contributed by atoms with Gasteiger partial charge in [-0.3, -0.25) is 0 Å². The second kappa shape index (κ2) is 7.05. The summed E-state index contributed by atoms with van der Waals surface area (Å²) in [6.45, 7) is 6.85. The first-order valence-corrected chi connectivity index (χ1v) is 8.91. The Morgan fingerprint density at radius 1 is 1.22 bits per heavy atom. The van der Waals surface area contributed by atoms with Gasteiger partial charge in [-0.2, -0.15) is 10.4 Å². The standard InChI is InChI=1S/C20H26N6O/c1-20(2,3)16-19(27-6)26-18(15(12-21)17(23-26)24(4)5)25(22-16)13-14-10-8-7-9-11-14/h7-11,19H,13H2,1-6H3. The summed E-state index contributed by atoms with van der Waals surface area (Å²) in [4.78, 5) is 1.84. The zero-order valence-electron chi connectivity index (χ0n) is 16.8. The number of hydrogen-bond donors (Lipinski definition) is 0. The van der Waals surface area contributed by atoms with Gasteiger partial charge in [-0.15, -0.1) is 5.10 Å². The first-order valence-electron chi connectivity index (χ1n) is 8.91. The van der Waals surface area contributed by atoms with Crippen molar-refractivity contribution in [2.24, 2.45) is 10.5 Å². The molecule has 2 heterocycles. The number of rotatable bonds is 4. The van der Waals surface area contributed by atoms with Gasteiger partial charge in [0.05, 0.1) is 12.3 Å². The highest BCUT2D eigenvalue weighted by Gasteiger charge is 2.39. The molecule has 1 aliphatic rings. The minimum atomic E-state index is -0.451. The lowest BCUT2D eigenvalue weighted by Gasteiger charge is -2.36. The fourth-order valence-corrected chi connectivity index (χ4v) is 3.18. The molecule has 7 heteroatoms. The van der Waals surface area contributed by atoms with E-state index in [-0.39, 0.29) is 5.41 Å². The largest absolute Gasteiger partial charge is 0.360 e. The molecule has 0 bridgehead atoms. The Morgan fingerprint density at radius 3 is 2.41 bits per heavy atom. The highest BCUT2D eigenvalue weighted by molar-refractivity contribution is 5.94. The Morgan fingerprint density at radius 2 is 1.89 bits per heavy atom. The van der Waals surface area contributed by atoms with E-state index in [0.29, 0.717) is 23.7 Å². The summed E-state index contributed by atoms with van der Waals surface area (Å²) in [7, 11) is 5.40. The van der Waals surface area contributed by atoms with Crippen LogP contribution in [0.25, 0.3) is 0 Å². The van der Waals surface area contributed by atoms with Crippen LogP contribution in [0, 0.1) is 16.7 Å². The van der Waals surface area contributed by atoms with E-state index in [4.69, 9.17) is 14.9 Å². The van der Waals surface area contributed by atoms with Gasteiger partial charge in [-0.25, -0.2) is 9.69 Å². The SMILES string of the molecule is COC1C(C(C)(C)C)=NN(Cc2ccccc2)c2c(C#N)c(N(C)C)nn21. The van der Waals surface area contributed by atoms with Crippen molar-refractivity contribution in [3.63, 3.8) is 0 Å². The molecule has 27 heavy (non-hydrogen) atoms. The second-order valence-corrected chi connectivity index (χ2v) is 7.84. The molecule has 7 nitrogen and oxygen atoms in total. The van der Waals surface area contributed by atoms with Crippen LogP contribution in [0.2, 0.25) is 0 Å². The van der Waals surface area contributed by atoms with Gasteiger partial charge in [0.25, 0.3) is 0 Å². The van der Waals surface area contributed by atoms with Crippen LogP contribution in [0.5, 0.6) is 0 Å². The van der Waals surface area contributed by atoms with Gasteiger partial charge >= 0.3 is 0 Å². The van der Waals surface area contributed by atoms with Crippen LogP contribution in [0.15, 0.2) is 35.4 Å². The van der Waals surface area contributed by atoms with Crippen molar-refractivity contribution in [1.82, 2.24) is 9.78 Å². The van der Waals surface area contributed by atoms with Gasteiger partial charge in [0.15, 0.2) is 17.9 Å². The van der Waals surface area contributed by atoms with Crippen LogP contribution in [0.3, 0.4) is 0 Å². The van der Waals surface area contributed by atoms with Crippen LogP contribution in [-0.4, -0.2) is 36.7 Å².